The maximum Gasteiger partial charge on any atom is 0.226 e. The van der Waals surface area contributed by atoms with Crippen LogP contribution in [0, 0.1) is 5.92 Å². The number of hydrogen-bond acceptors (Lipinski definition) is 5. The Morgan fingerprint density at radius 2 is 2.21 bits per heavy atom. The van der Waals surface area contributed by atoms with Crippen LogP contribution in [0.4, 0.5) is 0 Å². The maximum absolute atomic E-state index is 12.0. The van der Waals surface area contributed by atoms with Crippen LogP contribution in [0.3, 0.4) is 0 Å². The lowest BCUT2D eigenvalue weighted by Crippen LogP contribution is -2.35. The Morgan fingerprint density at radius 3 is 2.96 bits per heavy atom. The largest absolute Gasteiger partial charge is 0.356 e. The molecule has 1 saturated heterocycles. The van der Waals surface area contributed by atoms with Crippen molar-refractivity contribution in [3.63, 3.8) is 0 Å². The molecule has 1 fully saturated rings. The summed E-state index contributed by atoms with van der Waals surface area (Å²) in [5.74, 6) is 0.948. The van der Waals surface area contributed by atoms with E-state index in [9.17, 15) is 4.79 Å². The average Bonchev–Trinajstić information content (AvgIpc) is 3.24. The number of thiazole rings is 1. The van der Waals surface area contributed by atoms with Gasteiger partial charge in [-0.3, -0.25) is 4.79 Å². The highest BCUT2D eigenvalue weighted by atomic mass is 32.1. The maximum atomic E-state index is 12.0. The van der Waals surface area contributed by atoms with E-state index in [0.717, 1.165) is 36.1 Å². The number of hydrogen-bond donors (Lipinski definition) is 1. The zero-order chi connectivity index (χ0) is 16.8. The number of nitrogens with zero attached hydrogens (tertiary/aromatic N) is 2. The number of likely N-dealkylation sites (tertiary alicyclic amines) is 1. The van der Waals surface area contributed by atoms with Gasteiger partial charge in [0.15, 0.2) is 0 Å². The molecule has 1 amide bonds. The number of carbonyl (C=O) groups excluding carboxylic acids is 1. The van der Waals surface area contributed by atoms with Gasteiger partial charge in [-0.25, -0.2) is 4.98 Å². The molecule has 0 radical (unpaired) electrons. The van der Waals surface area contributed by atoms with E-state index in [1.54, 1.807) is 22.7 Å². The molecule has 1 aliphatic rings. The SMILES string of the molecule is CC1CCN(CCCNC(=O)Cc2csc(-c3cccs3)n2)CC1. The summed E-state index contributed by atoms with van der Waals surface area (Å²) in [7, 11) is 0. The molecule has 2 aromatic heterocycles. The van der Waals surface area contributed by atoms with Crippen LogP contribution in [-0.4, -0.2) is 42.0 Å². The first-order chi connectivity index (χ1) is 11.7. The topological polar surface area (TPSA) is 45.2 Å². The van der Waals surface area contributed by atoms with Crippen LogP contribution >= 0.6 is 22.7 Å². The molecule has 3 rings (SSSR count). The highest BCUT2D eigenvalue weighted by molar-refractivity contribution is 7.20. The number of carbonyl (C=O) groups is 1. The minimum Gasteiger partial charge on any atom is -0.356 e. The van der Waals surface area contributed by atoms with Gasteiger partial charge in [0, 0.05) is 11.9 Å². The molecule has 0 aliphatic carbocycles. The molecule has 3 heterocycles. The van der Waals surface area contributed by atoms with Crippen molar-refractivity contribution in [3.8, 4) is 9.88 Å². The van der Waals surface area contributed by atoms with Gasteiger partial charge in [0.1, 0.15) is 5.01 Å². The Bertz CT molecular complexity index is 630. The van der Waals surface area contributed by atoms with Gasteiger partial charge < -0.3 is 10.2 Å². The van der Waals surface area contributed by atoms with E-state index in [0.29, 0.717) is 6.42 Å². The van der Waals surface area contributed by atoms with Crippen LogP contribution in [0.5, 0.6) is 0 Å². The van der Waals surface area contributed by atoms with Crippen LogP contribution in [0.25, 0.3) is 9.88 Å². The third kappa shape index (κ3) is 5.13. The van der Waals surface area contributed by atoms with E-state index < -0.39 is 0 Å². The summed E-state index contributed by atoms with van der Waals surface area (Å²) in [5.41, 5.74) is 0.867. The highest BCUT2D eigenvalue weighted by Gasteiger charge is 2.15. The summed E-state index contributed by atoms with van der Waals surface area (Å²) in [6.45, 7) is 6.60. The number of aromatic nitrogens is 1. The molecule has 130 valence electrons. The summed E-state index contributed by atoms with van der Waals surface area (Å²) in [4.78, 5) is 20.3. The Kier molecular flexibility index (Phi) is 6.40. The van der Waals surface area contributed by atoms with E-state index in [2.05, 4.69) is 28.2 Å². The minimum absolute atomic E-state index is 0.0743. The van der Waals surface area contributed by atoms with Gasteiger partial charge in [0.05, 0.1) is 17.0 Å². The molecule has 4 nitrogen and oxygen atoms in total. The second-order valence-corrected chi connectivity index (χ2v) is 8.33. The molecule has 0 unspecified atom stereocenters. The fraction of sp³-hybridized carbons (Fsp3) is 0.556. The predicted molar refractivity (Wildman–Crippen MR) is 102 cm³/mol. The smallest absolute Gasteiger partial charge is 0.226 e. The number of amides is 1. The average molecular weight is 364 g/mol. The fourth-order valence-corrected chi connectivity index (χ4v) is 4.58. The molecule has 0 bridgehead atoms. The van der Waals surface area contributed by atoms with Crippen LogP contribution in [0.2, 0.25) is 0 Å². The van der Waals surface area contributed by atoms with E-state index in [-0.39, 0.29) is 5.91 Å². The van der Waals surface area contributed by atoms with Gasteiger partial charge in [0.2, 0.25) is 5.91 Å². The van der Waals surface area contributed by atoms with Gasteiger partial charge in [-0.05, 0) is 56.3 Å². The van der Waals surface area contributed by atoms with Crippen molar-refractivity contribution >= 4 is 28.6 Å². The lowest BCUT2D eigenvalue weighted by atomic mass is 9.99. The van der Waals surface area contributed by atoms with Gasteiger partial charge in [-0.1, -0.05) is 13.0 Å². The molecule has 2 aromatic rings. The summed E-state index contributed by atoms with van der Waals surface area (Å²) in [6.07, 6.45) is 4.02. The van der Waals surface area contributed by atoms with Gasteiger partial charge in [0.25, 0.3) is 0 Å². The lowest BCUT2D eigenvalue weighted by Gasteiger charge is -2.30. The first-order valence-corrected chi connectivity index (χ1v) is 10.4. The monoisotopic (exact) mass is 363 g/mol. The van der Waals surface area contributed by atoms with Gasteiger partial charge in [-0.2, -0.15) is 0 Å². The summed E-state index contributed by atoms with van der Waals surface area (Å²) in [5, 5.41) is 8.07. The van der Waals surface area contributed by atoms with Crippen LogP contribution in [-0.2, 0) is 11.2 Å². The molecule has 1 N–H and O–H groups in total. The molecule has 0 saturated carbocycles. The second-order valence-electron chi connectivity index (χ2n) is 6.53. The number of thiophene rings is 1. The van der Waals surface area contributed by atoms with Crippen LogP contribution in [0.15, 0.2) is 22.9 Å². The van der Waals surface area contributed by atoms with Gasteiger partial charge >= 0.3 is 0 Å². The lowest BCUT2D eigenvalue weighted by molar-refractivity contribution is -0.120. The van der Waals surface area contributed by atoms with Crippen molar-refractivity contribution in [3.05, 3.63) is 28.6 Å². The molecular weight excluding hydrogens is 338 g/mol. The standard InChI is InChI=1S/C18H25N3OS2/c1-14-5-9-21(10-6-14)8-3-7-19-17(22)12-15-13-24-18(20-15)16-4-2-11-23-16/h2,4,11,13-14H,3,5-10,12H2,1H3,(H,19,22). The van der Waals surface area contributed by atoms with Crippen LogP contribution < -0.4 is 5.32 Å². The van der Waals surface area contributed by atoms with E-state index in [1.165, 1.54) is 30.8 Å². The molecule has 0 atom stereocenters. The summed E-state index contributed by atoms with van der Waals surface area (Å²) >= 11 is 3.29. The van der Waals surface area contributed by atoms with Gasteiger partial charge in [-0.15, -0.1) is 22.7 Å². The molecule has 0 spiro atoms. The van der Waals surface area contributed by atoms with Crippen molar-refractivity contribution in [2.45, 2.75) is 32.6 Å². The third-order valence-electron chi connectivity index (χ3n) is 4.47. The zero-order valence-electron chi connectivity index (χ0n) is 14.2. The Morgan fingerprint density at radius 1 is 1.38 bits per heavy atom. The van der Waals surface area contributed by atoms with Crippen molar-refractivity contribution in [1.82, 2.24) is 15.2 Å². The summed E-state index contributed by atoms with van der Waals surface area (Å²) < 4.78 is 0. The normalized spacial score (nSPS) is 16.4. The molecule has 6 heteroatoms. The predicted octanol–water partition coefficient (Wildman–Crippen LogP) is 3.65. The van der Waals surface area contributed by atoms with Crippen LogP contribution in [0.1, 0.15) is 31.9 Å². The van der Waals surface area contributed by atoms with Crippen molar-refractivity contribution < 1.29 is 4.79 Å². The van der Waals surface area contributed by atoms with E-state index in [4.69, 9.17) is 0 Å². The van der Waals surface area contributed by atoms with E-state index >= 15 is 0 Å². The van der Waals surface area contributed by atoms with Crippen molar-refractivity contribution in [2.75, 3.05) is 26.2 Å². The number of rotatable bonds is 7. The quantitative estimate of drug-likeness (QED) is 0.764. The molecule has 24 heavy (non-hydrogen) atoms. The highest BCUT2D eigenvalue weighted by Crippen LogP contribution is 2.27. The zero-order valence-corrected chi connectivity index (χ0v) is 15.8. The first kappa shape index (κ1) is 17.6. The fourth-order valence-electron chi connectivity index (χ4n) is 2.94. The summed E-state index contributed by atoms with van der Waals surface area (Å²) in [6, 6.07) is 4.09. The third-order valence-corrected chi connectivity index (χ3v) is 6.41. The molecule has 1 aliphatic heterocycles. The second kappa shape index (κ2) is 8.74. The van der Waals surface area contributed by atoms with Crippen molar-refractivity contribution in [2.24, 2.45) is 5.92 Å². The Balaban J connectivity index is 1.34. The first-order valence-electron chi connectivity index (χ1n) is 8.68. The number of piperidine rings is 1. The molecular formula is C18H25N3OS2. The number of nitrogens with one attached hydrogen (secondary N) is 1. The van der Waals surface area contributed by atoms with E-state index in [1.807, 2.05) is 16.8 Å². The Labute approximate surface area is 151 Å². The van der Waals surface area contributed by atoms with Crippen molar-refractivity contribution in [1.29, 1.82) is 0 Å². The molecule has 0 aromatic carbocycles. The Hall–Kier alpha value is -1.24. The minimum atomic E-state index is 0.0743.